The molecule has 86 valence electrons. The second kappa shape index (κ2) is 5.72. The number of hydrogen-bond donors (Lipinski definition) is 1. The minimum absolute atomic E-state index is 0.161. The van der Waals surface area contributed by atoms with Gasteiger partial charge in [-0.15, -0.1) is 0 Å². The van der Waals surface area contributed by atoms with Gasteiger partial charge in [0.15, 0.2) is 0 Å². The fourth-order valence-electron chi connectivity index (χ4n) is 1.91. The van der Waals surface area contributed by atoms with Crippen LogP contribution in [-0.2, 0) is 0 Å². The zero-order valence-corrected chi connectivity index (χ0v) is 10.8. The van der Waals surface area contributed by atoms with Crippen LogP contribution < -0.4 is 5.73 Å². The molecule has 0 rings (SSSR count). The summed E-state index contributed by atoms with van der Waals surface area (Å²) < 4.78 is 0. The maximum Gasteiger partial charge on any atom is 0.0300 e. The van der Waals surface area contributed by atoms with Crippen LogP contribution in [0, 0.1) is 5.92 Å². The minimum Gasteiger partial charge on any atom is -0.329 e. The molecular weight excluding hydrogens is 172 g/mol. The topological polar surface area (TPSA) is 29.3 Å². The van der Waals surface area contributed by atoms with Gasteiger partial charge in [-0.25, -0.2) is 0 Å². The van der Waals surface area contributed by atoms with Gasteiger partial charge in [-0.2, -0.15) is 0 Å². The Morgan fingerprint density at radius 3 is 2.07 bits per heavy atom. The van der Waals surface area contributed by atoms with Gasteiger partial charge < -0.3 is 5.73 Å². The molecule has 2 nitrogen and oxygen atoms in total. The van der Waals surface area contributed by atoms with E-state index in [4.69, 9.17) is 5.73 Å². The zero-order valence-electron chi connectivity index (χ0n) is 10.8. The molecule has 0 aromatic carbocycles. The lowest BCUT2D eigenvalue weighted by Gasteiger charge is -2.42. The monoisotopic (exact) mass is 200 g/mol. The van der Waals surface area contributed by atoms with Crippen LogP contribution in [0.2, 0.25) is 0 Å². The van der Waals surface area contributed by atoms with E-state index < -0.39 is 0 Å². The van der Waals surface area contributed by atoms with Gasteiger partial charge >= 0.3 is 0 Å². The summed E-state index contributed by atoms with van der Waals surface area (Å²) >= 11 is 0. The normalized spacial score (nSPS) is 18.6. The van der Waals surface area contributed by atoms with Crippen molar-refractivity contribution in [2.24, 2.45) is 11.7 Å². The van der Waals surface area contributed by atoms with Crippen molar-refractivity contribution in [2.75, 3.05) is 13.6 Å². The predicted octanol–water partition coefficient (Wildman–Crippen LogP) is 2.48. The SMILES string of the molecule is CCC(C)(CN)N(C)C(C)CC(C)C. The smallest absolute Gasteiger partial charge is 0.0300 e. The molecule has 14 heavy (non-hydrogen) atoms. The fourth-order valence-corrected chi connectivity index (χ4v) is 1.91. The summed E-state index contributed by atoms with van der Waals surface area (Å²) in [5.74, 6) is 0.756. The van der Waals surface area contributed by atoms with E-state index in [0.29, 0.717) is 6.04 Å². The first kappa shape index (κ1) is 13.9. The highest BCUT2D eigenvalue weighted by Gasteiger charge is 2.28. The van der Waals surface area contributed by atoms with E-state index >= 15 is 0 Å². The van der Waals surface area contributed by atoms with E-state index in [1.807, 2.05) is 0 Å². The summed E-state index contributed by atoms with van der Waals surface area (Å²) in [4.78, 5) is 2.44. The summed E-state index contributed by atoms with van der Waals surface area (Å²) in [5, 5.41) is 0. The van der Waals surface area contributed by atoms with Gasteiger partial charge in [0.2, 0.25) is 0 Å². The Morgan fingerprint density at radius 2 is 1.79 bits per heavy atom. The van der Waals surface area contributed by atoms with Crippen LogP contribution in [-0.4, -0.2) is 30.1 Å². The molecule has 2 atom stereocenters. The molecule has 0 radical (unpaired) electrons. The third-order valence-corrected chi connectivity index (χ3v) is 3.53. The first-order chi connectivity index (χ1) is 6.37. The molecule has 0 heterocycles. The van der Waals surface area contributed by atoms with E-state index in [2.05, 4.69) is 46.6 Å². The largest absolute Gasteiger partial charge is 0.329 e. The Bertz CT molecular complexity index is 150. The van der Waals surface area contributed by atoms with Crippen LogP contribution in [0.4, 0.5) is 0 Å². The second-order valence-electron chi connectivity index (χ2n) is 5.14. The third-order valence-electron chi connectivity index (χ3n) is 3.53. The van der Waals surface area contributed by atoms with Gasteiger partial charge in [-0.05, 0) is 39.7 Å². The molecule has 0 aliphatic heterocycles. The summed E-state index contributed by atoms with van der Waals surface area (Å²) in [6.45, 7) is 12.0. The molecule has 0 aromatic rings. The van der Waals surface area contributed by atoms with Crippen molar-refractivity contribution in [1.82, 2.24) is 4.90 Å². The van der Waals surface area contributed by atoms with Crippen LogP contribution in [0.5, 0.6) is 0 Å². The molecular formula is C12H28N2. The van der Waals surface area contributed by atoms with Crippen LogP contribution in [0.15, 0.2) is 0 Å². The molecule has 0 fully saturated rings. The Labute approximate surface area is 89.9 Å². The van der Waals surface area contributed by atoms with Crippen LogP contribution in [0.1, 0.15) is 47.5 Å². The Hall–Kier alpha value is -0.0800. The molecule has 2 heteroatoms. The molecule has 0 aliphatic rings. The quantitative estimate of drug-likeness (QED) is 0.714. The molecule has 0 saturated carbocycles. The molecule has 0 aliphatic carbocycles. The lowest BCUT2D eigenvalue weighted by Crippen LogP contribution is -2.53. The van der Waals surface area contributed by atoms with Crippen LogP contribution in [0.25, 0.3) is 0 Å². The highest BCUT2D eigenvalue weighted by molar-refractivity contribution is 4.87. The first-order valence-corrected chi connectivity index (χ1v) is 5.80. The van der Waals surface area contributed by atoms with Gasteiger partial charge in [0.05, 0.1) is 0 Å². The Morgan fingerprint density at radius 1 is 1.29 bits per heavy atom. The van der Waals surface area contributed by atoms with Crippen molar-refractivity contribution in [1.29, 1.82) is 0 Å². The molecule has 0 saturated heterocycles. The van der Waals surface area contributed by atoms with Crippen molar-refractivity contribution in [3.8, 4) is 0 Å². The van der Waals surface area contributed by atoms with E-state index in [1.54, 1.807) is 0 Å². The van der Waals surface area contributed by atoms with Crippen molar-refractivity contribution in [3.05, 3.63) is 0 Å². The number of rotatable bonds is 6. The number of nitrogens with zero attached hydrogens (tertiary/aromatic N) is 1. The van der Waals surface area contributed by atoms with E-state index in [1.165, 1.54) is 6.42 Å². The van der Waals surface area contributed by atoms with Gasteiger partial charge in [0, 0.05) is 18.1 Å². The van der Waals surface area contributed by atoms with Gasteiger partial charge in [0.25, 0.3) is 0 Å². The highest BCUT2D eigenvalue weighted by atomic mass is 15.2. The summed E-state index contributed by atoms with van der Waals surface area (Å²) in [5.41, 5.74) is 6.01. The third kappa shape index (κ3) is 3.58. The number of hydrogen-bond acceptors (Lipinski definition) is 2. The van der Waals surface area contributed by atoms with Gasteiger partial charge in [0.1, 0.15) is 0 Å². The van der Waals surface area contributed by atoms with Crippen molar-refractivity contribution < 1.29 is 0 Å². The molecule has 0 amide bonds. The van der Waals surface area contributed by atoms with Gasteiger partial charge in [-0.1, -0.05) is 20.8 Å². The maximum atomic E-state index is 5.85. The van der Waals surface area contributed by atoms with Crippen molar-refractivity contribution in [3.63, 3.8) is 0 Å². The van der Waals surface area contributed by atoms with Gasteiger partial charge in [-0.3, -0.25) is 4.90 Å². The minimum atomic E-state index is 0.161. The standard InChI is InChI=1S/C12H28N2/c1-7-12(5,9-13)14(6)11(4)8-10(2)3/h10-11H,7-9,13H2,1-6H3. The molecule has 0 bridgehead atoms. The number of likely N-dealkylation sites (N-methyl/N-ethyl adjacent to an activating group) is 1. The van der Waals surface area contributed by atoms with E-state index in [9.17, 15) is 0 Å². The summed E-state index contributed by atoms with van der Waals surface area (Å²) in [7, 11) is 2.20. The Balaban J connectivity index is 4.34. The average molecular weight is 200 g/mol. The molecule has 0 spiro atoms. The summed E-state index contributed by atoms with van der Waals surface area (Å²) in [6.07, 6.45) is 2.36. The maximum absolute atomic E-state index is 5.85. The van der Waals surface area contributed by atoms with Crippen molar-refractivity contribution in [2.45, 2.75) is 59.0 Å². The fraction of sp³-hybridized carbons (Fsp3) is 1.00. The second-order valence-corrected chi connectivity index (χ2v) is 5.14. The average Bonchev–Trinajstić information content (AvgIpc) is 2.14. The highest BCUT2D eigenvalue weighted by Crippen LogP contribution is 2.21. The molecule has 0 aromatic heterocycles. The zero-order chi connectivity index (χ0) is 11.4. The van der Waals surface area contributed by atoms with E-state index in [0.717, 1.165) is 18.9 Å². The lowest BCUT2D eigenvalue weighted by molar-refractivity contribution is 0.0855. The molecule has 2 N–H and O–H groups in total. The van der Waals surface area contributed by atoms with E-state index in [-0.39, 0.29) is 5.54 Å². The number of nitrogens with two attached hydrogens (primary N) is 1. The molecule has 2 unspecified atom stereocenters. The first-order valence-electron chi connectivity index (χ1n) is 5.80. The summed E-state index contributed by atoms with van der Waals surface area (Å²) in [6, 6.07) is 0.614. The van der Waals surface area contributed by atoms with Crippen molar-refractivity contribution >= 4 is 0 Å². The van der Waals surface area contributed by atoms with Crippen LogP contribution in [0.3, 0.4) is 0 Å². The lowest BCUT2D eigenvalue weighted by atomic mass is 9.93. The Kier molecular flexibility index (Phi) is 5.68. The predicted molar refractivity (Wildman–Crippen MR) is 64.4 cm³/mol. The van der Waals surface area contributed by atoms with Crippen LogP contribution >= 0.6 is 0 Å².